The summed E-state index contributed by atoms with van der Waals surface area (Å²) >= 11 is 1.48. The van der Waals surface area contributed by atoms with Gasteiger partial charge in [-0.15, -0.1) is 10.2 Å². The van der Waals surface area contributed by atoms with Crippen LogP contribution in [0.3, 0.4) is 0 Å². The van der Waals surface area contributed by atoms with Gasteiger partial charge in [-0.3, -0.25) is 0 Å². The van der Waals surface area contributed by atoms with Gasteiger partial charge in [-0.25, -0.2) is 0 Å². The second-order valence-corrected chi connectivity index (χ2v) is 6.22. The zero-order valence-electron chi connectivity index (χ0n) is 12.6. The monoisotopic (exact) mass is 321 g/mol. The predicted octanol–water partition coefficient (Wildman–Crippen LogP) is 3.14. The van der Waals surface area contributed by atoms with E-state index in [9.17, 15) is 0 Å². The minimum Gasteiger partial charge on any atom is -0.454 e. The van der Waals surface area contributed by atoms with Gasteiger partial charge in [0.25, 0.3) is 5.22 Å². The van der Waals surface area contributed by atoms with Crippen molar-refractivity contribution in [2.24, 2.45) is 11.7 Å². The summed E-state index contributed by atoms with van der Waals surface area (Å²) in [5.41, 5.74) is 7.21. The van der Waals surface area contributed by atoms with Crippen molar-refractivity contribution in [1.82, 2.24) is 10.2 Å². The Morgan fingerprint density at radius 1 is 1.27 bits per heavy atom. The van der Waals surface area contributed by atoms with Crippen LogP contribution in [0.1, 0.15) is 37.8 Å². The molecule has 0 saturated carbocycles. The molecule has 1 aliphatic rings. The molecule has 2 atom stereocenters. The summed E-state index contributed by atoms with van der Waals surface area (Å²) in [5.74, 6) is 3.10. The van der Waals surface area contributed by atoms with Gasteiger partial charge in [0.05, 0.1) is 6.04 Å². The van der Waals surface area contributed by atoms with Crippen LogP contribution in [0.4, 0.5) is 0 Å². The predicted molar refractivity (Wildman–Crippen MR) is 82.8 cm³/mol. The molecule has 1 aliphatic heterocycles. The molecule has 2 heterocycles. The molecule has 0 bridgehead atoms. The van der Waals surface area contributed by atoms with E-state index >= 15 is 0 Å². The van der Waals surface area contributed by atoms with Gasteiger partial charge in [0.1, 0.15) is 0 Å². The lowest BCUT2D eigenvalue weighted by Crippen LogP contribution is -2.18. The van der Waals surface area contributed by atoms with Crippen LogP contribution in [-0.4, -0.2) is 17.0 Å². The first-order valence-electron chi connectivity index (χ1n) is 7.27. The van der Waals surface area contributed by atoms with Crippen LogP contribution in [-0.2, 0) is 5.75 Å². The molecule has 0 radical (unpaired) electrons. The number of thioether (sulfide) groups is 1. The summed E-state index contributed by atoms with van der Waals surface area (Å²) in [6.45, 7) is 4.46. The van der Waals surface area contributed by atoms with Gasteiger partial charge in [-0.05, 0) is 23.6 Å². The minimum atomic E-state index is -0.211. The van der Waals surface area contributed by atoms with E-state index in [4.69, 9.17) is 19.6 Å². The number of ether oxygens (including phenoxy) is 2. The Labute approximate surface area is 133 Å². The molecule has 0 spiro atoms. The molecule has 1 aromatic heterocycles. The molecule has 118 valence electrons. The zero-order valence-corrected chi connectivity index (χ0v) is 13.4. The zero-order chi connectivity index (χ0) is 15.5. The Morgan fingerprint density at radius 3 is 2.91 bits per heavy atom. The largest absolute Gasteiger partial charge is 0.454 e. The van der Waals surface area contributed by atoms with Crippen molar-refractivity contribution in [1.29, 1.82) is 0 Å². The number of nitrogens with zero attached hydrogens (tertiary/aromatic N) is 2. The molecule has 22 heavy (non-hydrogen) atoms. The second kappa shape index (κ2) is 6.58. The number of hydrogen-bond acceptors (Lipinski definition) is 7. The second-order valence-electron chi connectivity index (χ2n) is 5.29. The van der Waals surface area contributed by atoms with Crippen molar-refractivity contribution in [3.8, 4) is 11.5 Å². The summed E-state index contributed by atoms with van der Waals surface area (Å²) in [7, 11) is 0. The van der Waals surface area contributed by atoms with Gasteiger partial charge in [-0.1, -0.05) is 38.1 Å². The summed E-state index contributed by atoms with van der Waals surface area (Å²) in [6, 6.07) is 5.67. The molecule has 7 heteroatoms. The first-order chi connectivity index (χ1) is 10.7. The number of fused-ring (bicyclic) bond motifs is 1. The Balaban J connectivity index is 1.61. The lowest BCUT2D eigenvalue weighted by atomic mass is 10.0. The van der Waals surface area contributed by atoms with E-state index in [1.807, 2.05) is 18.2 Å². The molecule has 1 aromatic carbocycles. The van der Waals surface area contributed by atoms with E-state index in [-0.39, 0.29) is 12.8 Å². The maximum atomic E-state index is 6.10. The van der Waals surface area contributed by atoms with Crippen molar-refractivity contribution < 1.29 is 13.9 Å². The van der Waals surface area contributed by atoms with E-state index in [0.717, 1.165) is 29.2 Å². The first kappa shape index (κ1) is 15.2. The highest BCUT2D eigenvalue weighted by molar-refractivity contribution is 7.98. The van der Waals surface area contributed by atoms with Crippen molar-refractivity contribution in [3.63, 3.8) is 0 Å². The maximum absolute atomic E-state index is 6.10. The molecule has 0 unspecified atom stereocenters. The lowest BCUT2D eigenvalue weighted by Gasteiger charge is -2.13. The molecule has 0 aliphatic carbocycles. The Hall–Kier alpha value is -1.73. The quantitative estimate of drug-likeness (QED) is 0.818. The van der Waals surface area contributed by atoms with Crippen molar-refractivity contribution in [3.05, 3.63) is 29.7 Å². The Morgan fingerprint density at radius 2 is 2.09 bits per heavy atom. The smallest absolute Gasteiger partial charge is 0.276 e. The highest BCUT2D eigenvalue weighted by Crippen LogP contribution is 2.34. The van der Waals surface area contributed by atoms with Crippen LogP contribution in [0.5, 0.6) is 11.5 Å². The SMILES string of the molecule is CC[C@H](C)[C@H](N)c1nnc(SCc2ccc3c(c2)OCO3)o1. The van der Waals surface area contributed by atoms with Crippen molar-refractivity contribution in [2.75, 3.05) is 6.79 Å². The minimum absolute atomic E-state index is 0.211. The van der Waals surface area contributed by atoms with Gasteiger partial charge < -0.3 is 19.6 Å². The third-order valence-electron chi connectivity index (χ3n) is 3.76. The van der Waals surface area contributed by atoms with E-state index in [1.165, 1.54) is 11.8 Å². The van der Waals surface area contributed by atoms with Gasteiger partial charge in [0.15, 0.2) is 11.5 Å². The van der Waals surface area contributed by atoms with Gasteiger partial charge in [0, 0.05) is 5.75 Å². The van der Waals surface area contributed by atoms with Crippen LogP contribution in [0.25, 0.3) is 0 Å². The topological polar surface area (TPSA) is 83.4 Å². The average Bonchev–Trinajstić information content (AvgIpc) is 3.19. The van der Waals surface area contributed by atoms with E-state index in [1.54, 1.807) is 0 Å². The molecular formula is C15H19N3O3S. The Kier molecular flexibility index (Phi) is 4.54. The van der Waals surface area contributed by atoms with Crippen molar-refractivity contribution >= 4 is 11.8 Å². The highest BCUT2D eigenvalue weighted by atomic mass is 32.2. The number of nitrogens with two attached hydrogens (primary N) is 1. The van der Waals surface area contributed by atoms with E-state index in [0.29, 0.717) is 17.0 Å². The molecular weight excluding hydrogens is 302 g/mol. The van der Waals surface area contributed by atoms with Crippen LogP contribution >= 0.6 is 11.8 Å². The summed E-state index contributed by atoms with van der Waals surface area (Å²) in [5, 5.41) is 8.63. The number of aromatic nitrogens is 2. The third kappa shape index (κ3) is 3.20. The fourth-order valence-electron chi connectivity index (χ4n) is 2.09. The maximum Gasteiger partial charge on any atom is 0.276 e. The van der Waals surface area contributed by atoms with Gasteiger partial charge in [0.2, 0.25) is 12.7 Å². The summed E-state index contributed by atoms with van der Waals surface area (Å²) in [6.07, 6.45) is 0.975. The van der Waals surface area contributed by atoms with E-state index < -0.39 is 0 Å². The molecule has 6 nitrogen and oxygen atoms in total. The highest BCUT2D eigenvalue weighted by Gasteiger charge is 2.20. The van der Waals surface area contributed by atoms with Crippen molar-refractivity contribution in [2.45, 2.75) is 37.3 Å². The van der Waals surface area contributed by atoms with Gasteiger partial charge >= 0.3 is 0 Å². The summed E-state index contributed by atoms with van der Waals surface area (Å²) < 4.78 is 16.3. The third-order valence-corrected chi connectivity index (χ3v) is 4.65. The first-order valence-corrected chi connectivity index (χ1v) is 8.26. The molecule has 0 saturated heterocycles. The van der Waals surface area contributed by atoms with Crippen LogP contribution in [0, 0.1) is 5.92 Å². The number of benzene rings is 1. The molecule has 2 aromatic rings. The normalized spacial score (nSPS) is 15.8. The molecule has 2 N–H and O–H groups in total. The molecule has 0 amide bonds. The number of rotatable bonds is 6. The van der Waals surface area contributed by atoms with E-state index in [2.05, 4.69) is 24.0 Å². The van der Waals surface area contributed by atoms with Crippen LogP contribution in [0.2, 0.25) is 0 Å². The summed E-state index contributed by atoms with van der Waals surface area (Å²) in [4.78, 5) is 0. The average molecular weight is 321 g/mol. The molecule has 3 rings (SSSR count). The van der Waals surface area contributed by atoms with Gasteiger partial charge in [-0.2, -0.15) is 0 Å². The van der Waals surface area contributed by atoms with Crippen LogP contribution in [0.15, 0.2) is 27.8 Å². The standard InChI is InChI=1S/C15H19N3O3S/c1-3-9(2)13(16)14-17-18-15(21-14)22-7-10-4-5-11-12(6-10)20-8-19-11/h4-6,9,13H,3,7-8,16H2,1-2H3/t9-,13-/m0/s1. The fourth-order valence-corrected chi connectivity index (χ4v) is 2.80. The fraction of sp³-hybridized carbons (Fsp3) is 0.467. The lowest BCUT2D eigenvalue weighted by molar-refractivity contribution is 0.174. The Bertz CT molecular complexity index is 647. The number of hydrogen-bond donors (Lipinski definition) is 1. The van der Waals surface area contributed by atoms with Crippen LogP contribution < -0.4 is 15.2 Å². The molecule has 0 fully saturated rings.